The number of benzene rings is 2. The molecular formula is C23H24N6O2S. The van der Waals surface area contributed by atoms with Crippen molar-refractivity contribution in [2.24, 2.45) is 0 Å². The Kier molecular flexibility index (Phi) is 5.59. The van der Waals surface area contributed by atoms with Crippen molar-refractivity contribution in [2.75, 3.05) is 18.4 Å². The molecule has 0 bridgehead atoms. The minimum Gasteiger partial charge on any atom is -0.366 e. The summed E-state index contributed by atoms with van der Waals surface area (Å²) in [6.07, 6.45) is 1.45. The third-order valence-electron chi connectivity index (χ3n) is 5.69. The molecule has 1 aliphatic heterocycles. The van der Waals surface area contributed by atoms with Crippen LogP contribution < -0.4 is 5.32 Å². The number of nitrogens with zero attached hydrogens (tertiary/aromatic N) is 5. The zero-order chi connectivity index (χ0) is 22.0. The maximum absolute atomic E-state index is 12.8. The lowest BCUT2D eigenvalue weighted by Crippen LogP contribution is -2.42. The maximum atomic E-state index is 12.8. The lowest BCUT2D eigenvalue weighted by Gasteiger charge is -2.31. The summed E-state index contributed by atoms with van der Waals surface area (Å²) in [6.45, 7) is 0.994. The first-order valence-corrected chi connectivity index (χ1v) is 12.3. The number of sulfonamides is 1. The first kappa shape index (κ1) is 20.6. The summed E-state index contributed by atoms with van der Waals surface area (Å²) in [5.41, 5.74) is 2.44. The molecule has 0 spiro atoms. The largest absolute Gasteiger partial charge is 0.366 e. The molecule has 1 fully saturated rings. The van der Waals surface area contributed by atoms with Gasteiger partial charge in [-0.05, 0) is 30.5 Å². The number of piperidine rings is 1. The van der Waals surface area contributed by atoms with Gasteiger partial charge in [-0.15, -0.1) is 15.3 Å². The zero-order valence-electron chi connectivity index (χ0n) is 17.5. The third kappa shape index (κ3) is 4.35. The second kappa shape index (κ2) is 8.68. The average molecular weight is 449 g/mol. The predicted molar refractivity (Wildman–Crippen MR) is 124 cm³/mol. The van der Waals surface area contributed by atoms with E-state index < -0.39 is 10.0 Å². The van der Waals surface area contributed by atoms with Gasteiger partial charge in [0.25, 0.3) is 0 Å². The van der Waals surface area contributed by atoms with E-state index in [1.54, 1.807) is 8.82 Å². The molecule has 5 rings (SSSR count). The highest BCUT2D eigenvalue weighted by molar-refractivity contribution is 7.88. The Labute approximate surface area is 187 Å². The summed E-state index contributed by atoms with van der Waals surface area (Å²) < 4.78 is 28.9. The topological polar surface area (TPSA) is 92.5 Å². The van der Waals surface area contributed by atoms with E-state index in [-0.39, 0.29) is 11.8 Å². The summed E-state index contributed by atoms with van der Waals surface area (Å²) in [5.74, 6) is 1.45. The molecular weight excluding hydrogens is 424 g/mol. The van der Waals surface area contributed by atoms with Crippen LogP contribution in [0.5, 0.6) is 0 Å². The normalized spacial score (nSPS) is 15.8. The van der Waals surface area contributed by atoms with Crippen molar-refractivity contribution in [1.29, 1.82) is 0 Å². The molecule has 8 nitrogen and oxygen atoms in total. The van der Waals surface area contributed by atoms with Gasteiger partial charge in [0, 0.05) is 24.7 Å². The highest BCUT2D eigenvalue weighted by atomic mass is 32.2. The van der Waals surface area contributed by atoms with Crippen LogP contribution in [0.15, 0.2) is 72.8 Å². The van der Waals surface area contributed by atoms with E-state index in [0.717, 1.165) is 29.8 Å². The lowest BCUT2D eigenvalue weighted by atomic mass is 10.1. The molecule has 32 heavy (non-hydrogen) atoms. The third-order valence-corrected chi connectivity index (χ3v) is 7.54. The van der Waals surface area contributed by atoms with E-state index in [0.29, 0.717) is 24.6 Å². The van der Waals surface area contributed by atoms with Crippen LogP contribution >= 0.6 is 0 Å². The van der Waals surface area contributed by atoms with Crippen LogP contribution in [0.1, 0.15) is 18.4 Å². The number of nitrogens with one attached hydrogen (secondary N) is 1. The fraction of sp³-hybridized carbons (Fsp3) is 0.261. The fourth-order valence-electron chi connectivity index (χ4n) is 4.00. The first-order valence-electron chi connectivity index (χ1n) is 10.6. The van der Waals surface area contributed by atoms with E-state index in [9.17, 15) is 8.42 Å². The maximum Gasteiger partial charge on any atom is 0.218 e. The van der Waals surface area contributed by atoms with Crippen LogP contribution in [-0.4, -0.2) is 51.7 Å². The average Bonchev–Trinajstić information content (AvgIpc) is 3.24. The molecule has 0 amide bonds. The monoisotopic (exact) mass is 448 g/mol. The Morgan fingerprint density at radius 1 is 0.875 bits per heavy atom. The molecule has 0 radical (unpaired) electrons. The van der Waals surface area contributed by atoms with Gasteiger partial charge >= 0.3 is 0 Å². The minimum absolute atomic E-state index is 0.0417. The molecule has 1 N–H and O–H groups in total. The summed E-state index contributed by atoms with van der Waals surface area (Å²) in [5, 5.41) is 16.6. The van der Waals surface area contributed by atoms with E-state index in [4.69, 9.17) is 0 Å². The second-order valence-electron chi connectivity index (χ2n) is 7.94. The molecule has 0 unspecified atom stereocenters. The SMILES string of the molecule is O=S(=O)(Cc1ccccc1)N1CCC(Nc2ccc3nnc(-c4ccccc4)n3n2)CC1. The van der Waals surface area contributed by atoms with Gasteiger partial charge in [0.15, 0.2) is 11.5 Å². The van der Waals surface area contributed by atoms with Crippen molar-refractivity contribution < 1.29 is 8.42 Å². The predicted octanol–water partition coefficient (Wildman–Crippen LogP) is 3.20. The van der Waals surface area contributed by atoms with Crippen molar-refractivity contribution in [3.63, 3.8) is 0 Å². The van der Waals surface area contributed by atoms with Crippen LogP contribution in [0, 0.1) is 0 Å². The van der Waals surface area contributed by atoms with Gasteiger partial charge in [-0.1, -0.05) is 60.7 Å². The molecule has 3 heterocycles. The first-order chi connectivity index (χ1) is 15.6. The molecule has 1 aliphatic rings. The number of hydrogen-bond donors (Lipinski definition) is 1. The molecule has 1 saturated heterocycles. The standard InChI is InChI=1S/C23H24N6O2S/c30-32(31,17-18-7-3-1-4-8-18)28-15-13-20(14-16-28)24-21-11-12-22-25-26-23(29(22)27-21)19-9-5-2-6-10-19/h1-12,20H,13-17H2,(H,24,27). The number of fused-ring (bicyclic) bond motifs is 1. The number of hydrogen-bond acceptors (Lipinski definition) is 6. The molecule has 164 valence electrons. The Bertz CT molecular complexity index is 1300. The van der Waals surface area contributed by atoms with Crippen molar-refractivity contribution >= 4 is 21.5 Å². The summed E-state index contributed by atoms with van der Waals surface area (Å²) >= 11 is 0. The summed E-state index contributed by atoms with van der Waals surface area (Å²) in [4.78, 5) is 0. The Balaban J connectivity index is 1.25. The molecule has 0 aliphatic carbocycles. The van der Waals surface area contributed by atoms with Crippen molar-refractivity contribution in [3.05, 3.63) is 78.4 Å². The Morgan fingerprint density at radius 3 is 2.28 bits per heavy atom. The molecule has 9 heteroatoms. The Hall–Kier alpha value is -3.30. The highest BCUT2D eigenvalue weighted by Gasteiger charge is 2.28. The van der Waals surface area contributed by atoms with Gasteiger partial charge in [0.05, 0.1) is 5.75 Å². The lowest BCUT2D eigenvalue weighted by molar-refractivity contribution is 0.329. The zero-order valence-corrected chi connectivity index (χ0v) is 18.3. The minimum atomic E-state index is -3.32. The van der Waals surface area contributed by atoms with Crippen LogP contribution in [-0.2, 0) is 15.8 Å². The van der Waals surface area contributed by atoms with E-state index >= 15 is 0 Å². The van der Waals surface area contributed by atoms with Crippen molar-refractivity contribution in [2.45, 2.75) is 24.6 Å². The van der Waals surface area contributed by atoms with Crippen LogP contribution in [0.4, 0.5) is 5.82 Å². The molecule has 2 aromatic carbocycles. The van der Waals surface area contributed by atoms with Gasteiger partial charge in [0.1, 0.15) is 5.82 Å². The van der Waals surface area contributed by atoms with E-state index in [1.165, 1.54) is 0 Å². The molecule has 0 atom stereocenters. The van der Waals surface area contributed by atoms with Crippen LogP contribution in [0.2, 0.25) is 0 Å². The molecule has 2 aromatic heterocycles. The van der Waals surface area contributed by atoms with Crippen LogP contribution in [0.25, 0.3) is 17.0 Å². The van der Waals surface area contributed by atoms with Crippen LogP contribution in [0.3, 0.4) is 0 Å². The van der Waals surface area contributed by atoms with Crippen molar-refractivity contribution in [3.8, 4) is 11.4 Å². The van der Waals surface area contributed by atoms with E-state index in [2.05, 4.69) is 20.6 Å². The Morgan fingerprint density at radius 2 is 1.56 bits per heavy atom. The summed E-state index contributed by atoms with van der Waals surface area (Å²) in [6, 6.07) is 23.1. The molecule has 0 saturated carbocycles. The van der Waals surface area contributed by atoms with Gasteiger partial charge in [-0.2, -0.15) is 4.52 Å². The smallest absolute Gasteiger partial charge is 0.218 e. The van der Waals surface area contributed by atoms with Gasteiger partial charge < -0.3 is 5.32 Å². The summed E-state index contributed by atoms with van der Waals surface area (Å²) in [7, 11) is -3.32. The van der Waals surface area contributed by atoms with Gasteiger partial charge in [-0.3, -0.25) is 0 Å². The number of anilines is 1. The quantitative estimate of drug-likeness (QED) is 0.487. The molecule has 4 aromatic rings. The van der Waals surface area contributed by atoms with Gasteiger partial charge in [0.2, 0.25) is 10.0 Å². The number of rotatable bonds is 6. The fourth-order valence-corrected chi connectivity index (χ4v) is 5.56. The van der Waals surface area contributed by atoms with Crippen molar-refractivity contribution in [1.82, 2.24) is 24.1 Å². The van der Waals surface area contributed by atoms with E-state index in [1.807, 2.05) is 72.8 Å². The second-order valence-corrected chi connectivity index (χ2v) is 9.91. The van der Waals surface area contributed by atoms with Gasteiger partial charge in [-0.25, -0.2) is 12.7 Å². The number of aromatic nitrogens is 4. The highest BCUT2D eigenvalue weighted by Crippen LogP contribution is 2.22.